The Hall–Kier alpha value is -1.71. The van der Waals surface area contributed by atoms with Crippen LogP contribution < -0.4 is 15.0 Å². The third-order valence-electron chi connectivity index (χ3n) is 2.74. The van der Waals surface area contributed by atoms with E-state index in [9.17, 15) is 5.21 Å². The van der Waals surface area contributed by atoms with Gasteiger partial charge in [0, 0.05) is 27.2 Å². The van der Waals surface area contributed by atoms with Crippen LogP contribution in [0.15, 0.2) is 0 Å². The van der Waals surface area contributed by atoms with Crippen LogP contribution in [-0.4, -0.2) is 67.7 Å². The number of hydrogen-bond acceptors (Lipinski definition) is 9. The van der Waals surface area contributed by atoms with Gasteiger partial charge in [0.15, 0.2) is 0 Å². The lowest BCUT2D eigenvalue weighted by molar-refractivity contribution is 0.122. The van der Waals surface area contributed by atoms with Gasteiger partial charge in [-0.05, 0) is 0 Å². The summed E-state index contributed by atoms with van der Waals surface area (Å²) in [7, 11) is 4.65. The fourth-order valence-corrected chi connectivity index (χ4v) is 1.62. The molecule has 2 heterocycles. The number of nitrogens with zero attached hydrogens (tertiary/aromatic N) is 6. The summed E-state index contributed by atoms with van der Waals surface area (Å²) in [6.45, 7) is 2.67. The largest absolute Gasteiger partial charge is 0.378 e. The van der Waals surface area contributed by atoms with E-state index in [4.69, 9.17) is 9.57 Å². The molecule has 1 aromatic rings. The normalized spacial score (nSPS) is 15.5. The van der Waals surface area contributed by atoms with Crippen molar-refractivity contribution >= 4 is 17.8 Å². The van der Waals surface area contributed by atoms with Crippen LogP contribution in [0.3, 0.4) is 0 Å². The minimum Gasteiger partial charge on any atom is -0.378 e. The van der Waals surface area contributed by atoms with E-state index in [0.717, 1.165) is 5.06 Å². The Morgan fingerprint density at radius 1 is 1.16 bits per heavy atom. The van der Waals surface area contributed by atoms with Crippen LogP contribution >= 0.6 is 0 Å². The molecule has 0 amide bonds. The molecule has 1 fully saturated rings. The Balaban J connectivity index is 2.32. The molecular weight excluding hydrogens is 252 g/mol. The maximum absolute atomic E-state index is 9.50. The highest BCUT2D eigenvalue weighted by Gasteiger charge is 2.18. The van der Waals surface area contributed by atoms with E-state index in [1.54, 1.807) is 7.05 Å². The molecule has 0 saturated carbocycles. The Morgan fingerprint density at radius 2 is 1.79 bits per heavy atom. The van der Waals surface area contributed by atoms with Gasteiger partial charge in [-0.2, -0.15) is 15.0 Å². The molecule has 1 aromatic heterocycles. The molecule has 1 N–H and O–H groups in total. The molecule has 0 radical (unpaired) electrons. The van der Waals surface area contributed by atoms with Crippen LogP contribution in [-0.2, 0) is 9.57 Å². The van der Waals surface area contributed by atoms with Gasteiger partial charge in [-0.15, -0.1) is 0 Å². The minimum atomic E-state index is 0.162. The second-order valence-corrected chi connectivity index (χ2v) is 4.04. The highest BCUT2D eigenvalue weighted by atomic mass is 16.7. The standard InChI is InChI=1S/C10H18N6O3/c1-14(17)8-11-9(15(2)18-3)13-10(12-8)16-4-6-19-7-5-16/h17H,4-7H2,1-3H3. The molecule has 106 valence electrons. The fraction of sp³-hybridized carbons (Fsp3) is 0.700. The van der Waals surface area contributed by atoms with E-state index in [1.165, 1.54) is 19.2 Å². The molecule has 19 heavy (non-hydrogen) atoms. The molecule has 0 aliphatic carbocycles. The third-order valence-corrected chi connectivity index (χ3v) is 2.74. The monoisotopic (exact) mass is 270 g/mol. The van der Waals surface area contributed by atoms with Gasteiger partial charge >= 0.3 is 0 Å². The fourth-order valence-electron chi connectivity index (χ4n) is 1.62. The van der Waals surface area contributed by atoms with E-state index in [-0.39, 0.29) is 5.95 Å². The highest BCUT2D eigenvalue weighted by Crippen LogP contribution is 2.18. The maximum Gasteiger partial charge on any atom is 0.256 e. The summed E-state index contributed by atoms with van der Waals surface area (Å²) < 4.78 is 5.29. The van der Waals surface area contributed by atoms with Crippen molar-refractivity contribution in [2.24, 2.45) is 0 Å². The first-order valence-electron chi connectivity index (χ1n) is 5.91. The molecule has 9 heteroatoms. The zero-order valence-electron chi connectivity index (χ0n) is 11.3. The van der Waals surface area contributed by atoms with Crippen molar-refractivity contribution in [3.8, 4) is 0 Å². The summed E-state index contributed by atoms with van der Waals surface area (Å²) in [5.74, 6) is 0.985. The average molecular weight is 270 g/mol. The Kier molecular flexibility index (Phi) is 4.30. The van der Waals surface area contributed by atoms with Crippen molar-refractivity contribution in [1.29, 1.82) is 0 Å². The second-order valence-electron chi connectivity index (χ2n) is 4.04. The SMILES string of the molecule is CON(C)c1nc(N(C)O)nc(N2CCOCC2)n1. The van der Waals surface area contributed by atoms with Crippen LogP contribution in [0.4, 0.5) is 17.8 Å². The molecule has 0 atom stereocenters. The molecule has 0 aromatic carbocycles. The zero-order valence-corrected chi connectivity index (χ0v) is 11.3. The summed E-state index contributed by atoms with van der Waals surface area (Å²) in [6.07, 6.45) is 0. The molecule has 1 aliphatic heterocycles. The van der Waals surface area contributed by atoms with Gasteiger partial charge in [0.2, 0.25) is 5.95 Å². The van der Waals surface area contributed by atoms with E-state index in [1.807, 2.05) is 4.90 Å². The minimum absolute atomic E-state index is 0.162. The van der Waals surface area contributed by atoms with Crippen molar-refractivity contribution in [3.05, 3.63) is 0 Å². The summed E-state index contributed by atoms with van der Waals surface area (Å²) in [6, 6.07) is 0. The molecular formula is C10H18N6O3. The molecule has 0 bridgehead atoms. The van der Waals surface area contributed by atoms with Crippen LogP contribution in [0.2, 0.25) is 0 Å². The zero-order chi connectivity index (χ0) is 13.8. The topological polar surface area (TPSA) is 87.1 Å². The lowest BCUT2D eigenvalue weighted by Crippen LogP contribution is -2.38. The number of anilines is 3. The van der Waals surface area contributed by atoms with Crippen LogP contribution in [0.1, 0.15) is 0 Å². The van der Waals surface area contributed by atoms with Gasteiger partial charge in [0.1, 0.15) is 0 Å². The smallest absolute Gasteiger partial charge is 0.256 e. The first kappa shape index (κ1) is 13.7. The number of aromatic nitrogens is 3. The Labute approximate surface area is 111 Å². The molecule has 9 nitrogen and oxygen atoms in total. The Bertz CT molecular complexity index is 424. The van der Waals surface area contributed by atoms with Crippen molar-refractivity contribution < 1.29 is 14.8 Å². The first-order valence-corrected chi connectivity index (χ1v) is 5.91. The van der Waals surface area contributed by atoms with Crippen molar-refractivity contribution in [2.45, 2.75) is 0 Å². The summed E-state index contributed by atoms with van der Waals surface area (Å²) in [5.41, 5.74) is 0. The van der Waals surface area contributed by atoms with Crippen molar-refractivity contribution in [3.63, 3.8) is 0 Å². The first-order chi connectivity index (χ1) is 9.11. The van der Waals surface area contributed by atoms with Gasteiger partial charge in [-0.1, -0.05) is 0 Å². The predicted octanol–water partition coefficient (Wildman–Crippen LogP) is -0.469. The highest BCUT2D eigenvalue weighted by molar-refractivity contribution is 5.43. The van der Waals surface area contributed by atoms with E-state index in [0.29, 0.717) is 38.2 Å². The predicted molar refractivity (Wildman–Crippen MR) is 68.5 cm³/mol. The van der Waals surface area contributed by atoms with Crippen LogP contribution in [0.5, 0.6) is 0 Å². The van der Waals surface area contributed by atoms with Crippen LogP contribution in [0.25, 0.3) is 0 Å². The van der Waals surface area contributed by atoms with Gasteiger partial charge in [0.25, 0.3) is 11.9 Å². The Morgan fingerprint density at radius 3 is 2.37 bits per heavy atom. The molecule has 0 unspecified atom stereocenters. The summed E-state index contributed by atoms with van der Waals surface area (Å²) in [5, 5.41) is 11.8. The molecule has 1 aliphatic rings. The van der Waals surface area contributed by atoms with E-state index in [2.05, 4.69) is 15.0 Å². The number of morpholine rings is 1. The van der Waals surface area contributed by atoms with Gasteiger partial charge < -0.3 is 9.64 Å². The third kappa shape index (κ3) is 3.19. The molecule has 1 saturated heterocycles. The number of hydrogen-bond donors (Lipinski definition) is 1. The summed E-state index contributed by atoms with van der Waals surface area (Å²) in [4.78, 5) is 19.7. The quantitative estimate of drug-likeness (QED) is 0.729. The van der Waals surface area contributed by atoms with Crippen molar-refractivity contribution in [2.75, 3.05) is 62.5 Å². The number of hydroxylamine groups is 2. The van der Waals surface area contributed by atoms with Crippen molar-refractivity contribution in [1.82, 2.24) is 15.0 Å². The maximum atomic E-state index is 9.50. The number of rotatable bonds is 4. The lowest BCUT2D eigenvalue weighted by atomic mass is 10.4. The van der Waals surface area contributed by atoms with Crippen LogP contribution in [0, 0.1) is 0 Å². The molecule has 2 rings (SSSR count). The second kappa shape index (κ2) is 5.95. The van der Waals surface area contributed by atoms with Gasteiger partial charge in [0.05, 0.1) is 20.3 Å². The van der Waals surface area contributed by atoms with E-state index >= 15 is 0 Å². The lowest BCUT2D eigenvalue weighted by Gasteiger charge is -2.28. The van der Waals surface area contributed by atoms with E-state index < -0.39 is 0 Å². The van der Waals surface area contributed by atoms with Gasteiger partial charge in [-0.3, -0.25) is 10.0 Å². The van der Waals surface area contributed by atoms with Gasteiger partial charge in [-0.25, -0.2) is 10.1 Å². The summed E-state index contributed by atoms with van der Waals surface area (Å²) >= 11 is 0. The average Bonchev–Trinajstić information content (AvgIpc) is 2.46. The number of ether oxygens (including phenoxy) is 1. The molecule has 0 spiro atoms.